The van der Waals surface area contributed by atoms with Crippen molar-refractivity contribution in [3.63, 3.8) is 0 Å². The summed E-state index contributed by atoms with van der Waals surface area (Å²) in [5, 5.41) is 3.22. The minimum atomic E-state index is -4.23. The average molecular weight is 655 g/mol. The first kappa shape index (κ1) is 30.9. The molecular formula is C28H30BrCl2N3O4S. The summed E-state index contributed by atoms with van der Waals surface area (Å²) < 4.78 is 29.4. The molecule has 3 rings (SSSR count). The molecule has 7 nitrogen and oxygen atoms in total. The number of amides is 2. The number of nitrogens with one attached hydrogen (secondary N) is 1. The lowest BCUT2D eigenvalue weighted by molar-refractivity contribution is -0.139. The summed E-state index contributed by atoms with van der Waals surface area (Å²) in [7, 11) is -4.23. The van der Waals surface area contributed by atoms with E-state index in [2.05, 4.69) is 21.2 Å². The Morgan fingerprint density at radius 1 is 0.949 bits per heavy atom. The number of anilines is 1. The Morgan fingerprint density at radius 2 is 1.64 bits per heavy atom. The Labute approximate surface area is 248 Å². The fourth-order valence-electron chi connectivity index (χ4n) is 3.78. The van der Waals surface area contributed by atoms with E-state index in [9.17, 15) is 18.0 Å². The van der Waals surface area contributed by atoms with Gasteiger partial charge in [0.15, 0.2) is 0 Å². The zero-order valence-electron chi connectivity index (χ0n) is 21.8. The number of sulfonamides is 1. The fourth-order valence-corrected chi connectivity index (χ4v) is 6.11. The number of halogens is 3. The third-order valence-electron chi connectivity index (χ3n) is 5.88. The average Bonchev–Trinajstić information content (AvgIpc) is 2.90. The minimum Gasteiger partial charge on any atom is -0.354 e. The lowest BCUT2D eigenvalue weighted by Crippen LogP contribution is -2.51. The van der Waals surface area contributed by atoms with Gasteiger partial charge in [0.1, 0.15) is 12.6 Å². The van der Waals surface area contributed by atoms with Crippen molar-refractivity contribution in [1.29, 1.82) is 0 Å². The van der Waals surface area contributed by atoms with Gasteiger partial charge in [-0.15, -0.1) is 0 Å². The third kappa shape index (κ3) is 8.20. The summed E-state index contributed by atoms with van der Waals surface area (Å²) in [6.45, 7) is 5.47. The van der Waals surface area contributed by atoms with Gasteiger partial charge in [-0.1, -0.05) is 83.3 Å². The first-order valence-electron chi connectivity index (χ1n) is 12.2. The smallest absolute Gasteiger partial charge is 0.264 e. The fraction of sp³-hybridized carbons (Fsp3) is 0.286. The second-order valence-corrected chi connectivity index (χ2v) is 13.0. The molecule has 0 aliphatic carbocycles. The number of nitrogens with zero attached hydrogens (tertiary/aromatic N) is 2. The maximum Gasteiger partial charge on any atom is 0.264 e. The second kappa shape index (κ2) is 13.7. The molecule has 0 aliphatic rings. The van der Waals surface area contributed by atoms with Crippen molar-refractivity contribution in [1.82, 2.24) is 10.2 Å². The molecule has 11 heteroatoms. The number of rotatable bonds is 11. The van der Waals surface area contributed by atoms with Gasteiger partial charge in [0, 0.05) is 22.6 Å². The lowest BCUT2D eigenvalue weighted by Gasteiger charge is -2.32. The molecule has 0 bridgehead atoms. The summed E-state index contributed by atoms with van der Waals surface area (Å²) in [6, 6.07) is 18.6. The Balaban J connectivity index is 2.04. The molecule has 1 unspecified atom stereocenters. The van der Waals surface area contributed by atoms with E-state index in [0.29, 0.717) is 6.54 Å². The second-order valence-electron chi connectivity index (χ2n) is 9.39. The van der Waals surface area contributed by atoms with Crippen LogP contribution in [-0.4, -0.2) is 44.3 Å². The maximum atomic E-state index is 13.9. The Morgan fingerprint density at radius 3 is 2.28 bits per heavy atom. The van der Waals surface area contributed by atoms with Crippen molar-refractivity contribution < 1.29 is 18.0 Å². The predicted octanol–water partition coefficient (Wildman–Crippen LogP) is 6.14. The summed E-state index contributed by atoms with van der Waals surface area (Å²) in [5.74, 6) is -0.713. The topological polar surface area (TPSA) is 86.8 Å². The van der Waals surface area contributed by atoms with Gasteiger partial charge in [-0.25, -0.2) is 8.42 Å². The van der Waals surface area contributed by atoms with E-state index in [4.69, 9.17) is 23.2 Å². The van der Waals surface area contributed by atoms with E-state index in [1.807, 2.05) is 38.1 Å². The Kier molecular flexibility index (Phi) is 10.8. The van der Waals surface area contributed by atoms with E-state index in [0.717, 1.165) is 14.3 Å². The van der Waals surface area contributed by atoms with E-state index in [1.54, 1.807) is 25.1 Å². The van der Waals surface area contributed by atoms with E-state index in [1.165, 1.54) is 35.2 Å². The van der Waals surface area contributed by atoms with Gasteiger partial charge in [-0.3, -0.25) is 13.9 Å². The van der Waals surface area contributed by atoms with Crippen molar-refractivity contribution in [3.05, 3.63) is 92.9 Å². The zero-order chi connectivity index (χ0) is 28.7. The highest BCUT2D eigenvalue weighted by atomic mass is 79.9. The van der Waals surface area contributed by atoms with Gasteiger partial charge >= 0.3 is 0 Å². The van der Waals surface area contributed by atoms with E-state index in [-0.39, 0.29) is 39.0 Å². The molecule has 0 heterocycles. The van der Waals surface area contributed by atoms with Crippen LogP contribution in [-0.2, 0) is 26.2 Å². The van der Waals surface area contributed by atoms with Crippen LogP contribution in [0.1, 0.15) is 26.3 Å². The highest BCUT2D eigenvalue weighted by Gasteiger charge is 2.33. The van der Waals surface area contributed by atoms with Crippen molar-refractivity contribution in [3.8, 4) is 0 Å². The SMILES string of the molecule is CC(C)CNC(=O)C(C)N(Cc1cccc(Br)c1)C(=O)CN(c1cc(Cl)ccc1Cl)S(=O)(=O)c1ccccc1. The number of carbonyl (C=O) groups is 2. The van der Waals surface area contributed by atoms with Gasteiger partial charge in [-0.05, 0) is 60.9 Å². The van der Waals surface area contributed by atoms with Crippen molar-refractivity contribution >= 4 is 66.7 Å². The van der Waals surface area contributed by atoms with Crippen LogP contribution in [0, 0.1) is 5.92 Å². The standard InChI is InChI=1S/C28H30BrCl2N3O4S/c1-19(2)16-32-28(36)20(3)33(17-21-8-7-9-22(29)14-21)27(35)18-34(26-15-23(30)12-13-25(26)31)39(37,38)24-10-5-4-6-11-24/h4-15,19-20H,16-18H2,1-3H3,(H,32,36). The highest BCUT2D eigenvalue weighted by Crippen LogP contribution is 2.33. The number of hydrogen-bond donors (Lipinski definition) is 1. The van der Waals surface area contributed by atoms with Crippen LogP contribution in [0.3, 0.4) is 0 Å². The first-order valence-corrected chi connectivity index (χ1v) is 15.2. The first-order chi connectivity index (χ1) is 18.4. The van der Waals surface area contributed by atoms with Gasteiger partial charge in [0.05, 0.1) is 15.6 Å². The van der Waals surface area contributed by atoms with Crippen LogP contribution in [0.15, 0.2) is 82.2 Å². The third-order valence-corrected chi connectivity index (χ3v) is 8.70. The highest BCUT2D eigenvalue weighted by molar-refractivity contribution is 9.10. The molecule has 3 aromatic carbocycles. The van der Waals surface area contributed by atoms with E-state index < -0.39 is 28.5 Å². The largest absolute Gasteiger partial charge is 0.354 e. The minimum absolute atomic E-state index is 0.0184. The summed E-state index contributed by atoms with van der Waals surface area (Å²) >= 11 is 16.1. The van der Waals surface area contributed by atoms with Crippen LogP contribution in [0.5, 0.6) is 0 Å². The quantitative estimate of drug-likeness (QED) is 0.269. The molecule has 3 aromatic rings. The molecular weight excluding hydrogens is 625 g/mol. The lowest BCUT2D eigenvalue weighted by atomic mass is 10.1. The molecule has 0 aliphatic heterocycles. The molecule has 0 aromatic heterocycles. The maximum absolute atomic E-state index is 13.9. The molecule has 1 atom stereocenters. The van der Waals surface area contributed by atoms with Crippen molar-refractivity contribution in [2.75, 3.05) is 17.4 Å². The van der Waals surface area contributed by atoms with Crippen molar-refractivity contribution in [2.45, 2.75) is 38.3 Å². The van der Waals surface area contributed by atoms with Gasteiger partial charge in [0.2, 0.25) is 11.8 Å². The zero-order valence-corrected chi connectivity index (χ0v) is 25.7. The normalized spacial score (nSPS) is 12.2. The molecule has 208 valence electrons. The summed E-state index contributed by atoms with van der Waals surface area (Å²) in [6.07, 6.45) is 0. The molecule has 1 N–H and O–H groups in total. The van der Waals surface area contributed by atoms with Crippen LogP contribution in [0.4, 0.5) is 5.69 Å². The molecule has 0 spiro atoms. The number of carbonyl (C=O) groups excluding carboxylic acids is 2. The summed E-state index contributed by atoms with van der Waals surface area (Å²) in [4.78, 5) is 28.3. The van der Waals surface area contributed by atoms with Gasteiger partial charge in [0.25, 0.3) is 10.0 Å². The monoisotopic (exact) mass is 653 g/mol. The molecule has 0 fully saturated rings. The van der Waals surface area contributed by atoms with Gasteiger partial charge < -0.3 is 10.2 Å². The number of hydrogen-bond acceptors (Lipinski definition) is 4. The van der Waals surface area contributed by atoms with Crippen LogP contribution in [0.25, 0.3) is 0 Å². The van der Waals surface area contributed by atoms with Gasteiger partial charge in [-0.2, -0.15) is 0 Å². The molecule has 39 heavy (non-hydrogen) atoms. The molecule has 2 amide bonds. The van der Waals surface area contributed by atoms with Crippen molar-refractivity contribution in [2.24, 2.45) is 5.92 Å². The van der Waals surface area contributed by atoms with Crippen LogP contribution in [0.2, 0.25) is 10.0 Å². The Bertz CT molecular complexity index is 1420. The molecule has 0 radical (unpaired) electrons. The van der Waals surface area contributed by atoms with Crippen LogP contribution < -0.4 is 9.62 Å². The summed E-state index contributed by atoms with van der Waals surface area (Å²) in [5.41, 5.74) is 0.820. The van der Waals surface area contributed by atoms with E-state index >= 15 is 0 Å². The van der Waals surface area contributed by atoms with Crippen LogP contribution >= 0.6 is 39.1 Å². The molecule has 0 saturated carbocycles. The number of benzene rings is 3. The Hall–Kier alpha value is -2.59. The predicted molar refractivity (Wildman–Crippen MR) is 159 cm³/mol. The molecule has 0 saturated heterocycles.